The molecule has 302 valence electrons. The van der Waals surface area contributed by atoms with E-state index in [1.807, 2.05) is 69.3 Å². The predicted octanol–water partition coefficient (Wildman–Crippen LogP) is 5.68. The normalized spacial score (nSPS) is 17.9. The number of nitrogens with zero attached hydrogens (tertiary/aromatic N) is 4. The van der Waals surface area contributed by atoms with Crippen LogP contribution in [0, 0.1) is 17.8 Å². The summed E-state index contributed by atoms with van der Waals surface area (Å²) in [5, 5.41) is 23.0. The van der Waals surface area contributed by atoms with E-state index in [-0.39, 0.29) is 35.9 Å². The lowest BCUT2D eigenvalue weighted by molar-refractivity contribution is -0.129. The van der Waals surface area contributed by atoms with Crippen molar-refractivity contribution in [2.24, 2.45) is 17.8 Å². The summed E-state index contributed by atoms with van der Waals surface area (Å²) in [5.41, 5.74) is 4.15. The highest BCUT2D eigenvalue weighted by molar-refractivity contribution is 5.96. The van der Waals surface area contributed by atoms with Crippen LogP contribution in [0.4, 0.5) is 10.5 Å². The van der Waals surface area contributed by atoms with Crippen LogP contribution >= 0.6 is 0 Å². The number of alkyl carbamates (subject to hydrolysis) is 1. The lowest BCUT2D eigenvalue weighted by Gasteiger charge is -2.29. The average molecular weight is 779 g/mol. The number of Topliss-reactive ketones (excluding diaryl/α,β-unsaturated/α-hetero) is 1. The van der Waals surface area contributed by atoms with Crippen LogP contribution in [-0.2, 0) is 25.5 Å². The number of morpholine rings is 1. The smallest absolute Gasteiger partial charge is 0.407 e. The van der Waals surface area contributed by atoms with Crippen molar-refractivity contribution in [3.05, 3.63) is 83.9 Å². The summed E-state index contributed by atoms with van der Waals surface area (Å²) in [6, 6.07) is 22.7. The summed E-state index contributed by atoms with van der Waals surface area (Å²) >= 11 is 0. The lowest BCUT2D eigenvalue weighted by atomic mass is 9.77. The third kappa shape index (κ3) is 12.5. The van der Waals surface area contributed by atoms with E-state index in [1.165, 1.54) is 0 Å². The number of amides is 3. The molecule has 1 aliphatic carbocycles. The fourth-order valence-corrected chi connectivity index (χ4v) is 7.34. The molecule has 2 fully saturated rings. The summed E-state index contributed by atoms with van der Waals surface area (Å²) in [4.78, 5) is 55.1. The summed E-state index contributed by atoms with van der Waals surface area (Å²) in [7, 11) is 0. The van der Waals surface area contributed by atoms with Gasteiger partial charge in [0.1, 0.15) is 11.4 Å². The first-order chi connectivity index (χ1) is 27.5. The number of aromatic amines is 1. The third-order valence-electron chi connectivity index (χ3n) is 10.5. The number of ether oxygens (including phenoxy) is 2. The quantitative estimate of drug-likeness (QED) is 0.117. The number of H-pyrrole nitrogens is 1. The molecule has 3 aromatic carbocycles. The predicted molar refractivity (Wildman–Crippen MR) is 216 cm³/mol. The van der Waals surface area contributed by atoms with Crippen molar-refractivity contribution in [1.29, 1.82) is 0 Å². The van der Waals surface area contributed by atoms with Gasteiger partial charge in [-0.05, 0) is 117 Å². The van der Waals surface area contributed by atoms with Crippen LogP contribution in [-0.4, -0.2) is 101 Å². The van der Waals surface area contributed by atoms with Gasteiger partial charge in [-0.2, -0.15) is 5.21 Å². The number of ketones is 1. The maximum absolute atomic E-state index is 13.9. The molecule has 0 bridgehead atoms. The Morgan fingerprint density at radius 2 is 1.61 bits per heavy atom. The van der Waals surface area contributed by atoms with Crippen molar-refractivity contribution in [3.63, 3.8) is 0 Å². The number of anilines is 1. The highest BCUT2D eigenvalue weighted by atomic mass is 16.6. The average Bonchev–Trinajstić information content (AvgIpc) is 3.76. The molecule has 1 saturated heterocycles. The zero-order valence-corrected chi connectivity index (χ0v) is 33.1. The Kier molecular flexibility index (Phi) is 14.2. The molecule has 57 heavy (non-hydrogen) atoms. The zero-order chi connectivity index (χ0) is 40.2. The summed E-state index contributed by atoms with van der Waals surface area (Å²) in [5.74, 6) is -0.291. The molecule has 0 unspecified atom stereocenters. The minimum absolute atomic E-state index is 0.0813. The van der Waals surface area contributed by atoms with E-state index in [0.29, 0.717) is 49.4 Å². The Morgan fingerprint density at radius 3 is 2.30 bits per heavy atom. The van der Waals surface area contributed by atoms with E-state index >= 15 is 0 Å². The second-order valence-electron chi connectivity index (χ2n) is 16.0. The molecule has 4 N–H and O–H groups in total. The number of tetrazole rings is 1. The Bertz CT molecular complexity index is 1930. The molecule has 1 atom stereocenters. The van der Waals surface area contributed by atoms with Gasteiger partial charge in [-0.3, -0.25) is 19.3 Å². The van der Waals surface area contributed by atoms with Gasteiger partial charge in [0.25, 0.3) is 5.91 Å². The Morgan fingerprint density at radius 1 is 0.895 bits per heavy atom. The van der Waals surface area contributed by atoms with E-state index in [1.54, 1.807) is 24.3 Å². The Labute approximate surface area is 333 Å². The van der Waals surface area contributed by atoms with Gasteiger partial charge in [-0.15, -0.1) is 10.2 Å². The molecule has 1 aromatic heterocycles. The van der Waals surface area contributed by atoms with Gasteiger partial charge in [-0.1, -0.05) is 36.4 Å². The lowest BCUT2D eigenvalue weighted by Crippen LogP contribution is -2.41. The minimum Gasteiger partial charge on any atom is -0.444 e. The summed E-state index contributed by atoms with van der Waals surface area (Å²) in [6.07, 6.45) is 3.11. The van der Waals surface area contributed by atoms with Crippen molar-refractivity contribution in [1.82, 2.24) is 36.2 Å². The number of aromatic nitrogens is 4. The van der Waals surface area contributed by atoms with Crippen LogP contribution in [0.15, 0.2) is 72.8 Å². The molecule has 1 saturated carbocycles. The van der Waals surface area contributed by atoms with Crippen molar-refractivity contribution < 1.29 is 28.7 Å². The summed E-state index contributed by atoms with van der Waals surface area (Å²) < 4.78 is 10.8. The fraction of sp³-hybridized carbons (Fsp3) is 0.465. The number of nitrogens with one attached hydrogen (secondary N) is 4. The van der Waals surface area contributed by atoms with Gasteiger partial charge in [0, 0.05) is 67.8 Å². The second kappa shape index (κ2) is 19.6. The molecule has 2 aliphatic rings. The van der Waals surface area contributed by atoms with E-state index < -0.39 is 17.6 Å². The molecular formula is C43H54N8O6. The van der Waals surface area contributed by atoms with Crippen molar-refractivity contribution in [2.45, 2.75) is 64.9 Å². The van der Waals surface area contributed by atoms with Crippen molar-refractivity contribution in [3.8, 4) is 22.5 Å². The zero-order valence-electron chi connectivity index (χ0n) is 33.1. The maximum atomic E-state index is 13.9. The second-order valence-corrected chi connectivity index (χ2v) is 16.0. The minimum atomic E-state index is -0.601. The Balaban J connectivity index is 1.08. The highest BCUT2D eigenvalue weighted by Gasteiger charge is 2.31. The van der Waals surface area contributed by atoms with Crippen LogP contribution < -0.4 is 16.0 Å². The van der Waals surface area contributed by atoms with E-state index in [2.05, 4.69) is 41.5 Å². The Hall–Kier alpha value is -5.47. The first-order valence-corrected chi connectivity index (χ1v) is 19.9. The maximum Gasteiger partial charge on any atom is 0.407 e. The SMILES string of the molecule is CC(C)(C)OC(=O)NCC1CCC(C(=O)C[C@@H](Cc2ccc(-c3cccc(C(=O)NCCN4CCOCC4)c3)cc2)C(=O)Nc2ccc(-c3nn[nH]n3)cc2)CC1. The number of carbonyl (C=O) groups is 4. The number of benzene rings is 3. The topological polar surface area (TPSA) is 181 Å². The number of hydrogen-bond donors (Lipinski definition) is 4. The van der Waals surface area contributed by atoms with Gasteiger partial charge < -0.3 is 25.4 Å². The third-order valence-corrected chi connectivity index (χ3v) is 10.5. The van der Waals surface area contributed by atoms with E-state index in [4.69, 9.17) is 9.47 Å². The van der Waals surface area contributed by atoms with Gasteiger partial charge in [0.05, 0.1) is 13.2 Å². The molecule has 1 aliphatic heterocycles. The molecule has 0 spiro atoms. The fourth-order valence-electron chi connectivity index (χ4n) is 7.34. The molecule has 14 heteroatoms. The number of rotatable bonds is 15. The highest BCUT2D eigenvalue weighted by Crippen LogP contribution is 2.32. The number of carbonyl (C=O) groups excluding carboxylic acids is 4. The molecule has 2 heterocycles. The van der Waals surface area contributed by atoms with Crippen LogP contribution in [0.1, 0.15) is 68.8 Å². The van der Waals surface area contributed by atoms with Crippen LogP contribution in [0.2, 0.25) is 0 Å². The van der Waals surface area contributed by atoms with E-state index in [0.717, 1.165) is 67.9 Å². The first kappa shape index (κ1) is 41.2. The molecule has 0 radical (unpaired) electrons. The van der Waals surface area contributed by atoms with Crippen LogP contribution in [0.25, 0.3) is 22.5 Å². The van der Waals surface area contributed by atoms with Gasteiger partial charge in [-0.25, -0.2) is 4.79 Å². The van der Waals surface area contributed by atoms with Crippen LogP contribution in [0.5, 0.6) is 0 Å². The standard InChI is InChI=1S/C43H54N8O6/c1-43(2,3)57-42(55)45-28-30-9-13-32(14-10-30)38(52)27-36(41(54)46-37-17-15-33(16-18-37)39-47-49-50-48-39)25-29-7-11-31(12-8-29)34-5-4-6-35(26-34)40(53)44-19-20-51-21-23-56-24-22-51/h4-8,11-12,15-18,26,30,32,36H,9-10,13-14,19-25,27-28H2,1-3H3,(H,44,53)(H,45,55)(H,46,54)(H,47,48,49,50)/t30?,32?,36-/m1/s1. The number of hydrogen-bond acceptors (Lipinski definition) is 10. The molecule has 4 aromatic rings. The molecule has 14 nitrogen and oxygen atoms in total. The molecular weight excluding hydrogens is 725 g/mol. The van der Waals surface area contributed by atoms with E-state index in [9.17, 15) is 19.2 Å². The van der Waals surface area contributed by atoms with Gasteiger partial charge in [0.2, 0.25) is 11.7 Å². The largest absolute Gasteiger partial charge is 0.444 e. The van der Waals surface area contributed by atoms with Crippen LogP contribution in [0.3, 0.4) is 0 Å². The van der Waals surface area contributed by atoms with Crippen molar-refractivity contribution >= 4 is 29.4 Å². The summed E-state index contributed by atoms with van der Waals surface area (Å²) in [6.45, 7) is 10.5. The van der Waals surface area contributed by atoms with Gasteiger partial charge >= 0.3 is 6.09 Å². The molecule has 6 rings (SSSR count). The van der Waals surface area contributed by atoms with Crippen molar-refractivity contribution in [2.75, 3.05) is 51.3 Å². The van der Waals surface area contributed by atoms with Gasteiger partial charge in [0.15, 0.2) is 0 Å². The first-order valence-electron chi connectivity index (χ1n) is 19.9. The molecule has 3 amide bonds. The monoisotopic (exact) mass is 778 g/mol.